The summed E-state index contributed by atoms with van der Waals surface area (Å²) in [6, 6.07) is 15.8. The average Bonchev–Trinajstić information content (AvgIpc) is 2.82. The zero-order valence-electron chi connectivity index (χ0n) is 18.2. The lowest BCUT2D eigenvalue weighted by Gasteiger charge is -2.26. The molecule has 1 fully saturated rings. The molecule has 4 amide bonds. The largest absolute Gasteiger partial charge is 0.493 e. The Bertz CT molecular complexity index is 1360. The number of benzene rings is 3. The first-order chi connectivity index (χ1) is 16.8. The molecule has 0 spiro atoms. The number of anilines is 1. The number of urea groups is 1. The molecule has 3 aromatic rings. The summed E-state index contributed by atoms with van der Waals surface area (Å²) < 4.78 is 11.9. The fourth-order valence-corrected chi connectivity index (χ4v) is 4.31. The molecule has 7 nitrogen and oxygen atoms in total. The zero-order valence-corrected chi connectivity index (χ0v) is 21.3. The number of ether oxygens (including phenoxy) is 2. The van der Waals surface area contributed by atoms with Crippen molar-refractivity contribution in [2.75, 3.05) is 12.0 Å². The van der Waals surface area contributed by atoms with E-state index in [0.29, 0.717) is 31.6 Å². The first-order valence-corrected chi connectivity index (χ1v) is 11.7. The Balaban J connectivity index is 1.64. The van der Waals surface area contributed by atoms with Crippen LogP contribution >= 0.6 is 39.1 Å². The summed E-state index contributed by atoms with van der Waals surface area (Å²) in [6.07, 6.45) is 1.38. The predicted molar refractivity (Wildman–Crippen MR) is 137 cm³/mol. The van der Waals surface area contributed by atoms with Crippen LogP contribution in [0.3, 0.4) is 0 Å². The monoisotopic (exact) mass is 574 g/mol. The van der Waals surface area contributed by atoms with E-state index in [2.05, 4.69) is 21.2 Å². The van der Waals surface area contributed by atoms with Gasteiger partial charge in [-0.1, -0.05) is 35.3 Å². The highest BCUT2D eigenvalue weighted by Gasteiger charge is 2.36. The van der Waals surface area contributed by atoms with E-state index in [0.717, 1.165) is 10.5 Å². The van der Waals surface area contributed by atoms with Crippen molar-refractivity contribution < 1.29 is 23.9 Å². The van der Waals surface area contributed by atoms with Gasteiger partial charge in [0.15, 0.2) is 11.5 Å². The zero-order chi connectivity index (χ0) is 25.1. The standard InChI is InChI=1S/C25H17BrCl2N2O5/c1-34-21-12-15(11-20(26)22(21)35-13-14-3-2-4-17(28)9-14)10-19-23(31)29-25(33)30(24(19)32)18-7-5-16(27)6-8-18/h2-12H,13H2,1H3,(H,29,31,33)/b19-10+. The molecule has 0 aliphatic carbocycles. The number of hydrogen-bond donors (Lipinski definition) is 1. The van der Waals surface area contributed by atoms with Gasteiger partial charge in [-0.3, -0.25) is 14.9 Å². The number of imide groups is 2. The van der Waals surface area contributed by atoms with Crippen molar-refractivity contribution in [3.8, 4) is 11.5 Å². The van der Waals surface area contributed by atoms with Crippen molar-refractivity contribution in [2.24, 2.45) is 0 Å². The van der Waals surface area contributed by atoms with Crippen LogP contribution in [0.1, 0.15) is 11.1 Å². The second kappa shape index (κ2) is 10.5. The Hall–Kier alpha value is -3.33. The smallest absolute Gasteiger partial charge is 0.335 e. The number of nitrogens with zero attached hydrogens (tertiary/aromatic N) is 1. The van der Waals surface area contributed by atoms with Gasteiger partial charge in [-0.2, -0.15) is 0 Å². The molecule has 0 saturated carbocycles. The first-order valence-electron chi connectivity index (χ1n) is 10.2. The van der Waals surface area contributed by atoms with Crippen LogP contribution in [-0.2, 0) is 16.2 Å². The van der Waals surface area contributed by atoms with Crippen LogP contribution in [0.4, 0.5) is 10.5 Å². The Morgan fingerprint density at radius 2 is 1.74 bits per heavy atom. The number of carbonyl (C=O) groups excluding carboxylic acids is 3. The molecule has 0 bridgehead atoms. The number of nitrogens with one attached hydrogen (secondary N) is 1. The first kappa shape index (κ1) is 24.8. The molecule has 0 atom stereocenters. The third-order valence-electron chi connectivity index (χ3n) is 5.02. The van der Waals surface area contributed by atoms with Gasteiger partial charge in [0.25, 0.3) is 11.8 Å². The molecule has 0 unspecified atom stereocenters. The molecule has 35 heavy (non-hydrogen) atoms. The number of carbonyl (C=O) groups is 3. The molecule has 10 heteroatoms. The van der Waals surface area contributed by atoms with Gasteiger partial charge in [0.05, 0.1) is 17.3 Å². The fourth-order valence-electron chi connectivity index (χ4n) is 3.39. The topological polar surface area (TPSA) is 84.9 Å². The number of barbiturate groups is 1. The maximum absolute atomic E-state index is 13.1. The fraction of sp³-hybridized carbons (Fsp3) is 0.0800. The highest BCUT2D eigenvalue weighted by Crippen LogP contribution is 2.38. The van der Waals surface area contributed by atoms with E-state index in [1.54, 1.807) is 36.4 Å². The summed E-state index contributed by atoms with van der Waals surface area (Å²) in [5.41, 5.74) is 1.40. The van der Waals surface area contributed by atoms with Crippen LogP contribution < -0.4 is 19.7 Å². The Kier molecular flexibility index (Phi) is 7.45. The Morgan fingerprint density at radius 1 is 1.00 bits per heavy atom. The normalized spacial score (nSPS) is 14.8. The molecule has 1 aliphatic heterocycles. The Labute approximate surface area is 219 Å². The summed E-state index contributed by atoms with van der Waals surface area (Å²) in [4.78, 5) is 38.8. The minimum absolute atomic E-state index is 0.221. The number of methoxy groups -OCH3 is 1. The summed E-state index contributed by atoms with van der Waals surface area (Å²) in [7, 11) is 1.48. The van der Waals surface area contributed by atoms with Gasteiger partial charge in [0, 0.05) is 10.0 Å². The molecular formula is C25H17BrCl2N2O5. The average molecular weight is 576 g/mol. The van der Waals surface area contributed by atoms with Gasteiger partial charge in [0.1, 0.15) is 12.2 Å². The molecule has 1 saturated heterocycles. The second-order valence-corrected chi connectivity index (χ2v) is 9.11. The van der Waals surface area contributed by atoms with E-state index in [-0.39, 0.29) is 17.9 Å². The van der Waals surface area contributed by atoms with Gasteiger partial charge < -0.3 is 9.47 Å². The molecule has 1 N–H and O–H groups in total. The van der Waals surface area contributed by atoms with E-state index in [4.69, 9.17) is 32.7 Å². The summed E-state index contributed by atoms with van der Waals surface area (Å²) in [6.45, 7) is 0.245. The summed E-state index contributed by atoms with van der Waals surface area (Å²) >= 11 is 15.4. The third-order valence-corrected chi connectivity index (χ3v) is 6.10. The van der Waals surface area contributed by atoms with Crippen molar-refractivity contribution in [1.82, 2.24) is 5.32 Å². The van der Waals surface area contributed by atoms with Crippen LogP contribution in [0.5, 0.6) is 11.5 Å². The predicted octanol–water partition coefficient (Wildman–Crippen LogP) is 6.01. The van der Waals surface area contributed by atoms with Crippen molar-refractivity contribution in [1.29, 1.82) is 0 Å². The second-order valence-electron chi connectivity index (χ2n) is 7.39. The van der Waals surface area contributed by atoms with Gasteiger partial charge in [-0.25, -0.2) is 9.69 Å². The van der Waals surface area contributed by atoms with E-state index in [9.17, 15) is 14.4 Å². The molecule has 1 aliphatic rings. The molecule has 4 rings (SSSR count). The highest BCUT2D eigenvalue weighted by atomic mass is 79.9. The maximum atomic E-state index is 13.1. The molecule has 178 valence electrons. The maximum Gasteiger partial charge on any atom is 0.335 e. The van der Waals surface area contributed by atoms with Gasteiger partial charge in [-0.05, 0) is 81.7 Å². The van der Waals surface area contributed by atoms with Crippen molar-refractivity contribution in [2.45, 2.75) is 6.61 Å². The van der Waals surface area contributed by atoms with Crippen LogP contribution in [0.2, 0.25) is 10.0 Å². The lowest BCUT2D eigenvalue weighted by atomic mass is 10.1. The lowest BCUT2D eigenvalue weighted by Crippen LogP contribution is -2.54. The van der Waals surface area contributed by atoms with Crippen molar-refractivity contribution in [3.63, 3.8) is 0 Å². The third kappa shape index (κ3) is 5.51. The van der Waals surface area contributed by atoms with Crippen molar-refractivity contribution >= 4 is 68.7 Å². The number of rotatable bonds is 6. The van der Waals surface area contributed by atoms with Gasteiger partial charge >= 0.3 is 6.03 Å². The molecule has 0 radical (unpaired) electrons. The molecule has 1 heterocycles. The molecule has 3 aromatic carbocycles. The molecule has 0 aromatic heterocycles. The lowest BCUT2D eigenvalue weighted by molar-refractivity contribution is -0.122. The SMILES string of the molecule is COc1cc(/C=C2\C(=O)NC(=O)N(c3ccc(Cl)cc3)C2=O)cc(Br)c1OCc1cccc(Cl)c1. The van der Waals surface area contributed by atoms with E-state index in [1.165, 1.54) is 25.3 Å². The van der Waals surface area contributed by atoms with E-state index >= 15 is 0 Å². The summed E-state index contributed by atoms with van der Waals surface area (Å²) in [5, 5.41) is 3.23. The minimum atomic E-state index is -0.844. The van der Waals surface area contributed by atoms with Gasteiger partial charge in [-0.15, -0.1) is 0 Å². The van der Waals surface area contributed by atoms with Crippen LogP contribution in [-0.4, -0.2) is 25.0 Å². The van der Waals surface area contributed by atoms with E-state index < -0.39 is 17.8 Å². The van der Waals surface area contributed by atoms with Crippen molar-refractivity contribution in [3.05, 3.63) is 91.9 Å². The number of hydrogen-bond acceptors (Lipinski definition) is 5. The quantitative estimate of drug-likeness (QED) is 0.287. The van der Waals surface area contributed by atoms with Crippen LogP contribution in [0.15, 0.2) is 70.7 Å². The van der Waals surface area contributed by atoms with Gasteiger partial charge in [0.2, 0.25) is 0 Å². The van der Waals surface area contributed by atoms with E-state index in [1.807, 2.05) is 12.1 Å². The summed E-state index contributed by atoms with van der Waals surface area (Å²) in [5.74, 6) is -0.756. The van der Waals surface area contributed by atoms with Crippen LogP contribution in [0.25, 0.3) is 6.08 Å². The minimum Gasteiger partial charge on any atom is -0.493 e. The van der Waals surface area contributed by atoms with Crippen LogP contribution in [0, 0.1) is 0 Å². The highest BCUT2D eigenvalue weighted by molar-refractivity contribution is 9.10. The number of halogens is 3. The molecular weight excluding hydrogens is 559 g/mol. The number of amides is 4. The Morgan fingerprint density at radius 3 is 2.43 bits per heavy atom.